The fourth-order valence-corrected chi connectivity index (χ4v) is 4.76. The van der Waals surface area contributed by atoms with Crippen LogP contribution in [0.15, 0.2) is 0 Å². The van der Waals surface area contributed by atoms with Crippen molar-refractivity contribution in [3.05, 3.63) is 0 Å². The Morgan fingerprint density at radius 2 is 0.833 bits per heavy atom. The van der Waals surface area contributed by atoms with Crippen LogP contribution in [0.25, 0.3) is 0 Å². The molecule has 1 aliphatic heterocycles. The summed E-state index contributed by atoms with van der Waals surface area (Å²) in [4.78, 5) is 0. The predicted octanol–water partition coefficient (Wildman–Crippen LogP) is 6.34. The van der Waals surface area contributed by atoms with Gasteiger partial charge in [0.15, 0.2) is 0 Å². The minimum atomic E-state index is 0.00694. The quantitative estimate of drug-likeness (QED) is 0.101. The molecule has 1 fully saturated rings. The van der Waals surface area contributed by atoms with Crippen LogP contribution in [0, 0.1) is 0 Å². The van der Waals surface area contributed by atoms with Gasteiger partial charge in [-0.25, -0.2) is 0 Å². The van der Waals surface area contributed by atoms with Crippen LogP contribution in [0.1, 0.15) is 116 Å². The van der Waals surface area contributed by atoms with E-state index in [1.807, 2.05) is 0 Å². The molecule has 0 amide bonds. The molecule has 1 aliphatic rings. The van der Waals surface area contributed by atoms with Crippen LogP contribution in [0.2, 0.25) is 0 Å². The molecule has 0 aromatic carbocycles. The van der Waals surface area contributed by atoms with E-state index in [0.717, 1.165) is 58.9 Å². The summed E-state index contributed by atoms with van der Waals surface area (Å²) in [6, 6.07) is 0.613. The second-order valence-electron chi connectivity index (χ2n) is 10.3. The molecule has 1 unspecified atom stereocenters. The van der Waals surface area contributed by atoms with Crippen molar-refractivity contribution in [3.63, 3.8) is 0 Å². The Labute approximate surface area is 240 Å². The molecular weight excluding hydrogens is 532 g/mol. The Kier molecular flexibility index (Phi) is 34.8. The molecule has 8 heteroatoms. The number of rotatable bonds is 17. The van der Waals surface area contributed by atoms with Crippen molar-refractivity contribution < 1.29 is 13.1 Å². The van der Waals surface area contributed by atoms with Crippen LogP contribution < -0.4 is 26.6 Å². The molecule has 0 aromatic heterocycles. The van der Waals surface area contributed by atoms with Crippen molar-refractivity contribution in [2.24, 2.45) is 0 Å². The number of nitrogens with one attached hydrogen (secondary N) is 5. The number of hydrogen-bond donors (Lipinski definition) is 5. The van der Waals surface area contributed by atoms with E-state index < -0.39 is 0 Å². The Hall–Kier alpha value is 0.899. The zero-order valence-corrected chi connectivity index (χ0v) is 26.3. The molecule has 5 nitrogen and oxygen atoms in total. The average Bonchev–Trinajstić information content (AvgIpc) is 2.89. The third-order valence-electron chi connectivity index (χ3n) is 6.97. The van der Waals surface area contributed by atoms with Crippen LogP contribution in [0.3, 0.4) is 0 Å². The van der Waals surface area contributed by atoms with Gasteiger partial charge in [-0.15, -0.1) is 0 Å². The van der Waals surface area contributed by atoms with Gasteiger partial charge >= 0.3 is 33.3 Å². The van der Waals surface area contributed by atoms with Crippen molar-refractivity contribution in [1.82, 2.24) is 26.6 Å². The molecule has 0 spiro atoms. The third kappa shape index (κ3) is 31.1. The first kappa shape index (κ1) is 36.9. The van der Waals surface area contributed by atoms with Gasteiger partial charge in [-0.1, -0.05) is 110 Å². The Morgan fingerprint density at radius 1 is 0.500 bits per heavy atom. The van der Waals surface area contributed by atoms with Crippen LogP contribution in [0.5, 0.6) is 0 Å². The molecule has 219 valence electrons. The Morgan fingerprint density at radius 3 is 1.25 bits per heavy atom. The van der Waals surface area contributed by atoms with E-state index in [0.29, 0.717) is 6.04 Å². The van der Waals surface area contributed by atoms with Crippen molar-refractivity contribution in [2.75, 3.05) is 58.9 Å². The first-order valence-corrected chi connectivity index (χ1v) is 18.5. The molecule has 36 heavy (non-hydrogen) atoms. The van der Waals surface area contributed by atoms with E-state index in [2.05, 4.69) is 33.5 Å². The number of hydrogen-bond acceptors (Lipinski definition) is 5. The van der Waals surface area contributed by atoms with E-state index in [-0.39, 0.29) is 13.1 Å². The van der Waals surface area contributed by atoms with Crippen LogP contribution in [-0.2, 0) is 13.1 Å². The maximum atomic E-state index is 4.80. The fraction of sp³-hybridized carbons (Fsp3) is 1.00. The summed E-state index contributed by atoms with van der Waals surface area (Å²) in [6.07, 6.45) is 24.4. The van der Waals surface area contributed by atoms with Gasteiger partial charge in [0.05, 0.1) is 0 Å². The van der Waals surface area contributed by atoms with Gasteiger partial charge in [-0.2, -0.15) is 0 Å². The predicted molar refractivity (Wildman–Crippen MR) is 159 cm³/mol. The van der Waals surface area contributed by atoms with Gasteiger partial charge in [-0.3, -0.25) is 0 Å². The van der Waals surface area contributed by atoms with Crippen molar-refractivity contribution >= 4 is 20.2 Å². The van der Waals surface area contributed by atoms with Crippen molar-refractivity contribution in [2.45, 2.75) is 122 Å². The van der Waals surface area contributed by atoms with E-state index >= 15 is 0 Å². The summed E-state index contributed by atoms with van der Waals surface area (Å²) in [5.74, 6) is 0. The van der Waals surface area contributed by atoms with Gasteiger partial charge in [0.25, 0.3) is 0 Å². The first-order valence-electron chi connectivity index (χ1n) is 15.3. The van der Waals surface area contributed by atoms with E-state index in [1.165, 1.54) is 109 Å². The maximum absolute atomic E-state index is 4.80. The van der Waals surface area contributed by atoms with Gasteiger partial charge in [0.1, 0.15) is 0 Å². The molecule has 0 saturated carbocycles. The van der Waals surface area contributed by atoms with Crippen molar-refractivity contribution in [1.29, 1.82) is 0 Å². The fourth-order valence-electron chi connectivity index (χ4n) is 4.76. The van der Waals surface area contributed by atoms with Crippen LogP contribution >= 0.6 is 20.2 Å². The third-order valence-corrected chi connectivity index (χ3v) is 6.97. The number of halogens is 2. The average molecular weight is 594 g/mol. The van der Waals surface area contributed by atoms with Crippen molar-refractivity contribution in [3.8, 4) is 0 Å². The topological polar surface area (TPSA) is 60.1 Å². The monoisotopic (exact) mass is 592 g/mol. The molecule has 0 bridgehead atoms. The van der Waals surface area contributed by atoms with E-state index in [9.17, 15) is 0 Å². The SMILES string of the molecule is CCCCCCCCCCCCCCCCCCC1CNCCNCCNCCNCCN1.[Cl][Mn][Cl]. The van der Waals surface area contributed by atoms with Gasteiger partial charge in [0.2, 0.25) is 0 Å². The standard InChI is InChI=1S/C28H61N5.2ClH.Mn/c1-2-3-4-5-6-7-8-9-10-11-12-13-14-15-16-17-18-28-27-32-24-23-30-20-19-29-21-22-31-25-26-33-28;;;/h28-33H,2-27H2,1H3;2*1H;/q;;;+2/p-2. The molecule has 1 heterocycles. The van der Waals surface area contributed by atoms with Gasteiger partial charge < -0.3 is 26.6 Å². The second kappa shape index (κ2) is 33.9. The Balaban J connectivity index is 0.00000387. The summed E-state index contributed by atoms with van der Waals surface area (Å²) >= 11 is 0.00694. The van der Waals surface area contributed by atoms with E-state index in [1.54, 1.807) is 0 Å². The summed E-state index contributed by atoms with van der Waals surface area (Å²) < 4.78 is 0. The molecule has 5 N–H and O–H groups in total. The second-order valence-corrected chi connectivity index (χ2v) is 12.2. The first-order chi connectivity index (χ1) is 17.8. The van der Waals surface area contributed by atoms with Crippen LogP contribution in [0.4, 0.5) is 0 Å². The zero-order valence-electron chi connectivity index (χ0n) is 23.6. The van der Waals surface area contributed by atoms with Gasteiger partial charge in [0, 0.05) is 64.9 Å². The molecule has 0 aromatic rings. The Bertz CT molecular complexity index is 381. The van der Waals surface area contributed by atoms with E-state index in [4.69, 9.17) is 20.2 Å². The molecule has 1 saturated heterocycles. The normalized spacial score (nSPS) is 18.6. The summed E-state index contributed by atoms with van der Waals surface area (Å²) in [5.41, 5.74) is 0. The summed E-state index contributed by atoms with van der Waals surface area (Å²) in [7, 11) is 9.59. The molecule has 0 radical (unpaired) electrons. The molecule has 0 aliphatic carbocycles. The minimum absolute atomic E-state index is 0.00694. The summed E-state index contributed by atoms with van der Waals surface area (Å²) in [5, 5.41) is 17.9. The van der Waals surface area contributed by atoms with Gasteiger partial charge in [-0.05, 0) is 6.42 Å². The molecule has 1 atom stereocenters. The molecular formula is C28H61Cl2MnN5. The molecule has 1 rings (SSSR count). The zero-order chi connectivity index (χ0) is 26.2. The number of unbranched alkanes of at least 4 members (excludes halogenated alkanes) is 15. The van der Waals surface area contributed by atoms with Crippen LogP contribution in [-0.4, -0.2) is 64.9 Å². The summed E-state index contributed by atoms with van der Waals surface area (Å²) in [6.45, 7) is 11.9.